The van der Waals surface area contributed by atoms with Gasteiger partial charge in [0.25, 0.3) is 0 Å². The highest BCUT2D eigenvalue weighted by Gasteiger charge is 2.13. The average molecular weight is 406 g/mol. The zero-order valence-corrected chi connectivity index (χ0v) is 18.3. The summed E-state index contributed by atoms with van der Waals surface area (Å²) >= 11 is 1.62. The molecule has 0 aromatic carbocycles. The van der Waals surface area contributed by atoms with E-state index in [0.717, 1.165) is 35.2 Å². The lowest BCUT2D eigenvalue weighted by atomic mass is 10.3. The Labute approximate surface area is 171 Å². The third-order valence-electron chi connectivity index (χ3n) is 4.06. The largest absolute Gasteiger partial charge is 0.477 e. The molecule has 8 heteroatoms. The van der Waals surface area contributed by atoms with Crippen LogP contribution in [0.3, 0.4) is 0 Å². The van der Waals surface area contributed by atoms with E-state index in [-0.39, 0.29) is 6.10 Å². The van der Waals surface area contributed by atoms with Crippen molar-refractivity contribution < 1.29 is 9.47 Å². The highest BCUT2D eigenvalue weighted by Crippen LogP contribution is 2.21. The molecule has 0 amide bonds. The Morgan fingerprint density at radius 3 is 2.93 bits per heavy atom. The molecule has 0 aliphatic rings. The molecule has 154 valence electrons. The number of aromatic nitrogens is 2. The molecular weight excluding hydrogens is 374 g/mol. The lowest BCUT2D eigenvalue weighted by Gasteiger charge is -2.21. The number of nitrogens with zero attached hydrogens (tertiary/aromatic N) is 4. The quantitative estimate of drug-likeness (QED) is 0.481. The fourth-order valence-electron chi connectivity index (χ4n) is 2.50. The van der Waals surface area contributed by atoms with Crippen molar-refractivity contribution in [1.29, 1.82) is 0 Å². The van der Waals surface area contributed by atoms with Gasteiger partial charge in [0.05, 0.1) is 25.4 Å². The Morgan fingerprint density at radius 1 is 1.39 bits per heavy atom. The minimum Gasteiger partial charge on any atom is -0.477 e. The van der Waals surface area contributed by atoms with Crippen molar-refractivity contribution in [2.45, 2.75) is 46.4 Å². The summed E-state index contributed by atoms with van der Waals surface area (Å²) in [5.41, 5.74) is 1.98. The van der Waals surface area contributed by atoms with Gasteiger partial charge in [0.2, 0.25) is 5.88 Å². The monoisotopic (exact) mass is 405 g/mol. The lowest BCUT2D eigenvalue weighted by Crippen LogP contribution is -2.38. The molecule has 1 unspecified atom stereocenters. The molecule has 2 aromatic rings. The van der Waals surface area contributed by atoms with Crippen LogP contribution in [-0.4, -0.2) is 48.1 Å². The van der Waals surface area contributed by atoms with E-state index in [1.54, 1.807) is 24.6 Å². The summed E-state index contributed by atoms with van der Waals surface area (Å²) in [5.74, 6) is 1.48. The second kappa shape index (κ2) is 11.6. The molecule has 2 rings (SSSR count). The maximum absolute atomic E-state index is 5.74. The maximum atomic E-state index is 5.74. The van der Waals surface area contributed by atoms with Gasteiger partial charge in [-0.2, -0.15) is 0 Å². The molecule has 0 aliphatic heterocycles. The predicted octanol–water partition coefficient (Wildman–Crippen LogP) is 3.63. The van der Waals surface area contributed by atoms with Gasteiger partial charge >= 0.3 is 0 Å². The van der Waals surface area contributed by atoms with Crippen molar-refractivity contribution in [3.63, 3.8) is 0 Å². The number of pyridine rings is 1. The van der Waals surface area contributed by atoms with Crippen LogP contribution < -0.4 is 10.1 Å². The summed E-state index contributed by atoms with van der Waals surface area (Å²) < 4.78 is 11.1. The highest BCUT2D eigenvalue weighted by atomic mass is 32.1. The molecule has 0 saturated carbocycles. The lowest BCUT2D eigenvalue weighted by molar-refractivity contribution is 0.119. The second-order valence-electron chi connectivity index (χ2n) is 6.40. The maximum Gasteiger partial charge on any atom is 0.218 e. The first-order valence-electron chi connectivity index (χ1n) is 9.62. The Morgan fingerprint density at radius 2 is 2.21 bits per heavy atom. The van der Waals surface area contributed by atoms with Crippen LogP contribution in [0.15, 0.2) is 28.7 Å². The Bertz CT molecular complexity index is 750. The van der Waals surface area contributed by atoms with Gasteiger partial charge in [0.1, 0.15) is 11.1 Å². The molecule has 7 nitrogen and oxygen atoms in total. The summed E-state index contributed by atoms with van der Waals surface area (Å²) in [6.07, 6.45) is 2.70. The predicted molar refractivity (Wildman–Crippen MR) is 114 cm³/mol. The van der Waals surface area contributed by atoms with Crippen molar-refractivity contribution in [3.05, 3.63) is 40.0 Å². The first kappa shape index (κ1) is 22.1. The van der Waals surface area contributed by atoms with Crippen molar-refractivity contribution in [2.24, 2.45) is 4.99 Å². The molecule has 2 aromatic heterocycles. The van der Waals surface area contributed by atoms with Crippen LogP contribution in [0.5, 0.6) is 5.88 Å². The number of methoxy groups -OCH3 is 1. The standard InChI is InChI=1S/C20H31N5O2S/c1-6-11-27-18-16(9-8-10-22-18)12-23-20(21-7-2)25(4)13-17-14-28-19(24-17)15(3)26-5/h8-10,14-15H,6-7,11-13H2,1-5H3,(H,21,23). The first-order valence-corrected chi connectivity index (χ1v) is 10.5. The number of guanidine groups is 1. The smallest absolute Gasteiger partial charge is 0.218 e. The van der Waals surface area contributed by atoms with Crippen LogP contribution in [-0.2, 0) is 17.8 Å². The molecule has 28 heavy (non-hydrogen) atoms. The Balaban J connectivity index is 2.08. The zero-order valence-electron chi connectivity index (χ0n) is 17.4. The van der Waals surface area contributed by atoms with E-state index in [1.165, 1.54) is 0 Å². The summed E-state index contributed by atoms with van der Waals surface area (Å²) in [4.78, 5) is 15.8. The number of hydrogen-bond donors (Lipinski definition) is 1. The number of thiazole rings is 1. The molecule has 0 radical (unpaired) electrons. The second-order valence-corrected chi connectivity index (χ2v) is 7.29. The summed E-state index contributed by atoms with van der Waals surface area (Å²) in [7, 11) is 3.71. The fraction of sp³-hybridized carbons (Fsp3) is 0.550. The van der Waals surface area contributed by atoms with Gasteiger partial charge in [-0.05, 0) is 26.3 Å². The minimum absolute atomic E-state index is 0.0121. The van der Waals surface area contributed by atoms with E-state index in [0.29, 0.717) is 25.6 Å². The normalized spacial score (nSPS) is 12.7. The Kier molecular flexibility index (Phi) is 9.16. The number of rotatable bonds is 10. The molecule has 1 atom stereocenters. The number of aliphatic imine (C=N–C) groups is 1. The van der Waals surface area contributed by atoms with Crippen molar-refractivity contribution in [1.82, 2.24) is 20.2 Å². The molecule has 0 bridgehead atoms. The SMILES string of the molecule is CCCOc1ncccc1CN=C(NCC)N(C)Cc1csc(C(C)OC)n1. The van der Waals surface area contributed by atoms with E-state index in [4.69, 9.17) is 14.5 Å². The van der Waals surface area contributed by atoms with Crippen LogP contribution in [0, 0.1) is 0 Å². The molecule has 0 spiro atoms. The number of nitrogens with one attached hydrogen (secondary N) is 1. The van der Waals surface area contributed by atoms with Gasteiger partial charge in [-0.3, -0.25) is 0 Å². The van der Waals surface area contributed by atoms with Gasteiger partial charge in [-0.1, -0.05) is 13.0 Å². The Hall–Kier alpha value is -2.19. The molecular formula is C20H31N5O2S. The van der Waals surface area contributed by atoms with Crippen molar-refractivity contribution in [2.75, 3.05) is 27.3 Å². The molecule has 0 fully saturated rings. The molecule has 0 aliphatic carbocycles. The van der Waals surface area contributed by atoms with Crippen LogP contribution in [0.2, 0.25) is 0 Å². The van der Waals surface area contributed by atoms with Gasteiger partial charge in [0.15, 0.2) is 5.96 Å². The van der Waals surface area contributed by atoms with Gasteiger partial charge in [-0.25, -0.2) is 15.0 Å². The number of hydrogen-bond acceptors (Lipinski definition) is 6. The molecule has 1 N–H and O–H groups in total. The fourth-order valence-corrected chi connectivity index (χ4v) is 3.35. The van der Waals surface area contributed by atoms with Crippen molar-refractivity contribution >= 4 is 17.3 Å². The van der Waals surface area contributed by atoms with Gasteiger partial charge in [0, 0.05) is 37.8 Å². The molecule has 2 heterocycles. The van der Waals surface area contributed by atoms with E-state index >= 15 is 0 Å². The summed E-state index contributed by atoms with van der Waals surface area (Å²) in [5, 5.41) is 6.40. The zero-order chi connectivity index (χ0) is 20.4. The third-order valence-corrected chi connectivity index (χ3v) is 5.11. The van der Waals surface area contributed by atoms with E-state index < -0.39 is 0 Å². The van der Waals surface area contributed by atoms with Crippen LogP contribution >= 0.6 is 11.3 Å². The van der Waals surface area contributed by atoms with Gasteiger partial charge in [-0.15, -0.1) is 11.3 Å². The van der Waals surface area contributed by atoms with Gasteiger partial charge < -0.3 is 19.7 Å². The first-order chi connectivity index (χ1) is 13.6. The van der Waals surface area contributed by atoms with E-state index in [2.05, 4.69) is 39.4 Å². The third kappa shape index (κ3) is 6.45. The topological polar surface area (TPSA) is 71.9 Å². The van der Waals surface area contributed by atoms with Crippen LogP contribution in [0.4, 0.5) is 0 Å². The van der Waals surface area contributed by atoms with E-state index in [1.807, 2.05) is 26.1 Å². The number of ether oxygens (including phenoxy) is 2. The average Bonchev–Trinajstić information content (AvgIpc) is 3.17. The van der Waals surface area contributed by atoms with Crippen LogP contribution in [0.25, 0.3) is 0 Å². The van der Waals surface area contributed by atoms with Crippen molar-refractivity contribution in [3.8, 4) is 5.88 Å². The highest BCUT2D eigenvalue weighted by molar-refractivity contribution is 7.09. The summed E-state index contributed by atoms with van der Waals surface area (Å²) in [6, 6.07) is 3.91. The molecule has 0 saturated heterocycles. The van der Waals surface area contributed by atoms with E-state index in [9.17, 15) is 0 Å². The van der Waals surface area contributed by atoms with Crippen LogP contribution in [0.1, 0.15) is 49.6 Å². The minimum atomic E-state index is 0.0121. The summed E-state index contributed by atoms with van der Waals surface area (Å²) in [6.45, 7) is 8.76.